The summed E-state index contributed by atoms with van der Waals surface area (Å²) in [5, 5.41) is 3.40. The Morgan fingerprint density at radius 3 is 2.58 bits per heavy atom. The average Bonchev–Trinajstić information content (AvgIpc) is 3.28. The predicted octanol–water partition coefficient (Wildman–Crippen LogP) is 4.19. The molecule has 0 radical (unpaired) electrons. The van der Waals surface area contributed by atoms with Crippen molar-refractivity contribution in [3.05, 3.63) is 66.4 Å². The topological polar surface area (TPSA) is 84.4 Å². The predicted molar refractivity (Wildman–Crippen MR) is 134 cm³/mol. The Bertz CT molecular complexity index is 1310. The van der Waals surface area contributed by atoms with E-state index in [4.69, 9.17) is 4.74 Å². The molecule has 2 aromatic heterocycles. The fourth-order valence-electron chi connectivity index (χ4n) is 3.79. The average molecular weight is 479 g/mol. The SMILES string of the molecule is COc1ccc(-c2ccccc2)c2sc(NC(=O)c3ccc(N4CCS(=O)CC4)nc3)nc12. The molecule has 0 aliphatic carbocycles. The number of aromatic nitrogens is 2. The van der Waals surface area contributed by atoms with Crippen LogP contribution in [0.2, 0.25) is 0 Å². The smallest absolute Gasteiger partial charge is 0.259 e. The summed E-state index contributed by atoms with van der Waals surface area (Å²) < 4.78 is 18.0. The van der Waals surface area contributed by atoms with Gasteiger partial charge in [0, 0.05) is 47.2 Å². The van der Waals surface area contributed by atoms with E-state index in [1.807, 2.05) is 48.5 Å². The van der Waals surface area contributed by atoms with Gasteiger partial charge in [-0.2, -0.15) is 0 Å². The second-order valence-corrected chi connectivity index (χ2v) is 10.3. The lowest BCUT2D eigenvalue weighted by Crippen LogP contribution is -2.38. The molecule has 1 fully saturated rings. The summed E-state index contributed by atoms with van der Waals surface area (Å²) in [4.78, 5) is 24.0. The number of anilines is 2. The third-order valence-electron chi connectivity index (χ3n) is 5.54. The van der Waals surface area contributed by atoms with E-state index in [-0.39, 0.29) is 5.91 Å². The van der Waals surface area contributed by atoms with Crippen LogP contribution in [0.3, 0.4) is 0 Å². The number of hydrogen-bond acceptors (Lipinski definition) is 7. The van der Waals surface area contributed by atoms with Gasteiger partial charge in [-0.3, -0.25) is 14.3 Å². The third kappa shape index (κ3) is 4.46. The minimum Gasteiger partial charge on any atom is -0.494 e. The van der Waals surface area contributed by atoms with Gasteiger partial charge in [0.15, 0.2) is 5.13 Å². The van der Waals surface area contributed by atoms with Crippen molar-refractivity contribution in [2.24, 2.45) is 0 Å². The van der Waals surface area contributed by atoms with Crippen LogP contribution in [0.15, 0.2) is 60.8 Å². The number of nitrogens with zero attached hydrogens (tertiary/aromatic N) is 3. The van der Waals surface area contributed by atoms with Crippen molar-refractivity contribution in [3.63, 3.8) is 0 Å². The lowest BCUT2D eigenvalue weighted by atomic mass is 10.1. The second kappa shape index (κ2) is 9.29. The molecule has 1 aliphatic heterocycles. The number of pyridine rings is 1. The molecule has 2 aromatic carbocycles. The zero-order valence-electron chi connectivity index (χ0n) is 18.0. The van der Waals surface area contributed by atoms with Crippen LogP contribution in [0.4, 0.5) is 10.9 Å². The van der Waals surface area contributed by atoms with E-state index in [9.17, 15) is 9.00 Å². The summed E-state index contributed by atoms with van der Waals surface area (Å²) in [5.74, 6) is 2.48. The summed E-state index contributed by atoms with van der Waals surface area (Å²) in [5.41, 5.74) is 3.29. The van der Waals surface area contributed by atoms with Crippen LogP contribution in [0.1, 0.15) is 10.4 Å². The maximum Gasteiger partial charge on any atom is 0.259 e. The van der Waals surface area contributed by atoms with E-state index in [1.165, 1.54) is 11.3 Å². The molecule has 1 aliphatic rings. The highest BCUT2D eigenvalue weighted by molar-refractivity contribution is 7.85. The van der Waals surface area contributed by atoms with E-state index in [2.05, 4.69) is 20.2 Å². The highest BCUT2D eigenvalue weighted by atomic mass is 32.2. The Balaban J connectivity index is 1.39. The van der Waals surface area contributed by atoms with Gasteiger partial charge in [0.2, 0.25) is 0 Å². The number of ether oxygens (including phenoxy) is 1. The fourth-order valence-corrected chi connectivity index (χ4v) is 5.86. The summed E-state index contributed by atoms with van der Waals surface area (Å²) in [6, 6.07) is 17.6. The first-order chi connectivity index (χ1) is 16.1. The Morgan fingerprint density at radius 2 is 1.88 bits per heavy atom. The minimum absolute atomic E-state index is 0.270. The third-order valence-corrected chi connectivity index (χ3v) is 7.82. The number of thiazole rings is 1. The monoisotopic (exact) mass is 478 g/mol. The number of amides is 1. The van der Waals surface area contributed by atoms with Gasteiger partial charge in [-0.15, -0.1) is 0 Å². The zero-order chi connectivity index (χ0) is 22.8. The van der Waals surface area contributed by atoms with Gasteiger partial charge in [-0.1, -0.05) is 41.7 Å². The second-order valence-electron chi connectivity index (χ2n) is 7.57. The van der Waals surface area contributed by atoms with Crippen LogP contribution in [-0.4, -0.2) is 51.8 Å². The molecule has 9 heteroatoms. The largest absolute Gasteiger partial charge is 0.494 e. The lowest BCUT2D eigenvalue weighted by molar-refractivity contribution is 0.102. The summed E-state index contributed by atoms with van der Waals surface area (Å²) in [7, 11) is 0.872. The number of methoxy groups -OCH3 is 1. The van der Waals surface area contributed by atoms with Gasteiger partial charge in [-0.25, -0.2) is 9.97 Å². The van der Waals surface area contributed by atoms with Gasteiger partial charge >= 0.3 is 0 Å². The quantitative estimate of drug-likeness (QED) is 0.463. The van der Waals surface area contributed by atoms with Crippen LogP contribution in [0.25, 0.3) is 21.3 Å². The molecule has 3 heterocycles. The van der Waals surface area contributed by atoms with Crippen molar-refractivity contribution in [1.29, 1.82) is 0 Å². The molecule has 0 saturated carbocycles. The summed E-state index contributed by atoms with van der Waals surface area (Å²) in [6.45, 7) is 1.42. The zero-order valence-corrected chi connectivity index (χ0v) is 19.6. The first-order valence-electron chi connectivity index (χ1n) is 10.5. The normalized spacial score (nSPS) is 14.4. The molecular formula is C24H22N4O3S2. The maximum absolute atomic E-state index is 12.9. The maximum atomic E-state index is 12.9. The van der Waals surface area contributed by atoms with Crippen molar-refractivity contribution in [1.82, 2.24) is 9.97 Å². The van der Waals surface area contributed by atoms with Crippen molar-refractivity contribution in [2.75, 3.05) is 41.9 Å². The van der Waals surface area contributed by atoms with E-state index >= 15 is 0 Å². The highest BCUT2D eigenvalue weighted by Gasteiger charge is 2.19. The number of nitrogens with one attached hydrogen (secondary N) is 1. The Labute approximate surface area is 197 Å². The van der Waals surface area contributed by atoms with Crippen LogP contribution < -0.4 is 15.0 Å². The molecule has 1 amide bonds. The van der Waals surface area contributed by atoms with Crippen molar-refractivity contribution in [2.45, 2.75) is 0 Å². The highest BCUT2D eigenvalue weighted by Crippen LogP contribution is 2.39. The van der Waals surface area contributed by atoms with Gasteiger partial charge in [0.1, 0.15) is 17.1 Å². The molecule has 1 saturated heterocycles. The van der Waals surface area contributed by atoms with Crippen LogP contribution >= 0.6 is 11.3 Å². The number of benzene rings is 2. The number of rotatable bonds is 5. The Hall–Kier alpha value is -3.30. The van der Waals surface area contributed by atoms with E-state index in [0.717, 1.165) is 27.2 Å². The summed E-state index contributed by atoms with van der Waals surface area (Å²) in [6.07, 6.45) is 1.57. The minimum atomic E-state index is -0.741. The Kier molecular flexibility index (Phi) is 6.06. The molecule has 33 heavy (non-hydrogen) atoms. The molecule has 4 aromatic rings. The van der Waals surface area contributed by atoms with Gasteiger partial charge in [-0.05, 0) is 29.8 Å². The molecule has 1 N–H and O–H groups in total. The Morgan fingerprint density at radius 1 is 1.09 bits per heavy atom. The van der Waals surface area contributed by atoms with Crippen molar-refractivity contribution >= 4 is 49.2 Å². The first-order valence-corrected chi connectivity index (χ1v) is 12.8. The molecule has 0 spiro atoms. The van der Waals surface area contributed by atoms with Crippen LogP contribution in [0.5, 0.6) is 5.75 Å². The van der Waals surface area contributed by atoms with E-state index in [0.29, 0.717) is 41.0 Å². The number of carbonyl (C=O) groups is 1. The van der Waals surface area contributed by atoms with Crippen LogP contribution in [-0.2, 0) is 10.8 Å². The molecule has 0 atom stereocenters. The van der Waals surface area contributed by atoms with E-state index < -0.39 is 10.8 Å². The molecule has 5 rings (SSSR count). The molecule has 0 unspecified atom stereocenters. The molecular weight excluding hydrogens is 456 g/mol. The number of hydrogen-bond donors (Lipinski definition) is 1. The van der Waals surface area contributed by atoms with Crippen molar-refractivity contribution in [3.8, 4) is 16.9 Å². The molecule has 7 nitrogen and oxygen atoms in total. The van der Waals surface area contributed by atoms with Gasteiger partial charge < -0.3 is 9.64 Å². The van der Waals surface area contributed by atoms with Crippen molar-refractivity contribution < 1.29 is 13.7 Å². The van der Waals surface area contributed by atoms with Gasteiger partial charge in [0.25, 0.3) is 5.91 Å². The van der Waals surface area contributed by atoms with Crippen LogP contribution in [0, 0.1) is 0 Å². The lowest BCUT2D eigenvalue weighted by Gasteiger charge is -2.27. The number of carbonyl (C=O) groups excluding carboxylic acids is 1. The summed E-state index contributed by atoms with van der Waals surface area (Å²) >= 11 is 1.42. The van der Waals surface area contributed by atoms with Gasteiger partial charge in [0.05, 0.1) is 17.4 Å². The standard InChI is InChI=1S/C24H22N4O3S2/c1-31-19-9-8-18(16-5-3-2-4-6-16)22-21(19)26-24(32-22)27-23(29)17-7-10-20(25-15-17)28-11-13-33(30)14-12-28/h2-10,15H,11-14H2,1H3,(H,26,27,29). The first kappa shape index (κ1) is 21.5. The number of fused-ring (bicyclic) bond motifs is 1. The van der Waals surface area contributed by atoms with E-state index in [1.54, 1.807) is 19.4 Å². The molecule has 0 bridgehead atoms. The molecule has 168 valence electrons. The fraction of sp³-hybridized carbons (Fsp3) is 0.208.